The molecule has 1 saturated heterocycles. The van der Waals surface area contributed by atoms with Gasteiger partial charge in [0.05, 0.1) is 5.75 Å². The van der Waals surface area contributed by atoms with Crippen LogP contribution in [0.15, 0.2) is 47.4 Å². The Morgan fingerprint density at radius 3 is 2.31 bits per heavy atom. The Balaban J connectivity index is 1.71. The van der Waals surface area contributed by atoms with E-state index in [0.717, 1.165) is 21.0 Å². The van der Waals surface area contributed by atoms with Crippen molar-refractivity contribution in [2.75, 3.05) is 5.75 Å². The molecular weight excluding hydrogens is 386 g/mol. The minimum atomic E-state index is -1.16. The van der Waals surface area contributed by atoms with Gasteiger partial charge in [-0.25, -0.2) is 4.79 Å². The first-order valence-corrected chi connectivity index (χ1v) is 10.5. The zero-order chi connectivity index (χ0) is 21.2. The molecule has 152 valence electrons. The van der Waals surface area contributed by atoms with Crippen LogP contribution in [0.4, 0.5) is 4.79 Å². The number of nitrogens with one attached hydrogen (secondary N) is 2. The van der Waals surface area contributed by atoms with Crippen molar-refractivity contribution in [2.45, 2.75) is 44.6 Å². The van der Waals surface area contributed by atoms with Gasteiger partial charge in [0.25, 0.3) is 5.91 Å². The van der Waals surface area contributed by atoms with E-state index in [0.29, 0.717) is 12.0 Å². The zero-order valence-electron chi connectivity index (χ0n) is 17.0. The third-order valence-electron chi connectivity index (χ3n) is 5.08. The summed E-state index contributed by atoms with van der Waals surface area (Å²) in [7, 11) is 0. The second kappa shape index (κ2) is 8.29. The fourth-order valence-corrected chi connectivity index (χ4v) is 4.64. The number of thioether (sulfide) groups is 1. The molecular formula is C22H25N3O3S. The van der Waals surface area contributed by atoms with E-state index in [2.05, 4.69) is 22.9 Å². The number of aryl methyl sites for hydroxylation is 3. The van der Waals surface area contributed by atoms with Crippen LogP contribution in [0.2, 0.25) is 0 Å². The van der Waals surface area contributed by atoms with Crippen molar-refractivity contribution in [3.8, 4) is 0 Å². The van der Waals surface area contributed by atoms with Crippen molar-refractivity contribution < 1.29 is 14.4 Å². The largest absolute Gasteiger partial charge is 0.344 e. The summed E-state index contributed by atoms with van der Waals surface area (Å²) >= 11 is 1.40. The van der Waals surface area contributed by atoms with Gasteiger partial charge in [-0.3, -0.25) is 15.0 Å². The predicted molar refractivity (Wildman–Crippen MR) is 113 cm³/mol. The molecule has 2 aromatic rings. The van der Waals surface area contributed by atoms with Gasteiger partial charge in [-0.15, -0.1) is 11.8 Å². The summed E-state index contributed by atoms with van der Waals surface area (Å²) in [5.41, 5.74) is 5.37. The number of imide groups is 1. The lowest BCUT2D eigenvalue weighted by atomic mass is 9.87. The maximum Gasteiger partial charge on any atom is 0.344 e. The van der Waals surface area contributed by atoms with Gasteiger partial charge in [0.15, 0.2) is 0 Å². The second-order valence-electron chi connectivity index (χ2n) is 7.25. The summed E-state index contributed by atoms with van der Waals surface area (Å²) in [6.07, 6.45) is 0.379. The van der Waals surface area contributed by atoms with Crippen LogP contribution in [0.1, 0.15) is 35.6 Å². The van der Waals surface area contributed by atoms with E-state index in [1.54, 1.807) is 12.1 Å². The lowest BCUT2D eigenvalue weighted by molar-refractivity contribution is -0.138. The molecule has 0 saturated carbocycles. The maximum absolute atomic E-state index is 13.0. The van der Waals surface area contributed by atoms with E-state index in [1.165, 1.54) is 17.3 Å². The third-order valence-corrected chi connectivity index (χ3v) is 6.42. The first-order chi connectivity index (χ1) is 13.8. The SMILES string of the molecule is CC[C@@]1(c2ccccc2)NC(=O)N(NC(=O)CSc2c(C)cc(C)cc2C)C1=O. The van der Waals surface area contributed by atoms with Gasteiger partial charge in [-0.05, 0) is 43.9 Å². The highest BCUT2D eigenvalue weighted by atomic mass is 32.2. The first kappa shape index (κ1) is 20.9. The zero-order valence-corrected chi connectivity index (χ0v) is 17.9. The van der Waals surface area contributed by atoms with Crippen LogP contribution < -0.4 is 10.7 Å². The number of urea groups is 1. The minimum Gasteiger partial charge on any atom is -0.318 e. The Morgan fingerprint density at radius 2 is 1.72 bits per heavy atom. The smallest absolute Gasteiger partial charge is 0.318 e. The van der Waals surface area contributed by atoms with Crippen LogP contribution in [0.5, 0.6) is 0 Å². The van der Waals surface area contributed by atoms with Crippen molar-refractivity contribution in [1.82, 2.24) is 15.8 Å². The van der Waals surface area contributed by atoms with Crippen molar-refractivity contribution in [3.63, 3.8) is 0 Å². The molecule has 1 aliphatic heterocycles. The lowest BCUT2D eigenvalue weighted by Gasteiger charge is -2.25. The van der Waals surface area contributed by atoms with Crippen LogP contribution in [0.3, 0.4) is 0 Å². The lowest BCUT2D eigenvalue weighted by Crippen LogP contribution is -2.49. The van der Waals surface area contributed by atoms with Gasteiger partial charge in [-0.1, -0.05) is 55.0 Å². The Hall–Kier alpha value is -2.80. The molecule has 0 radical (unpaired) electrons. The summed E-state index contributed by atoms with van der Waals surface area (Å²) < 4.78 is 0. The number of hydrazine groups is 1. The summed E-state index contributed by atoms with van der Waals surface area (Å²) in [4.78, 5) is 39.0. The average Bonchev–Trinajstić information content (AvgIpc) is 2.93. The van der Waals surface area contributed by atoms with E-state index in [-0.39, 0.29) is 5.75 Å². The van der Waals surface area contributed by atoms with Crippen LogP contribution in [0, 0.1) is 20.8 Å². The van der Waals surface area contributed by atoms with E-state index in [1.807, 2.05) is 45.9 Å². The molecule has 0 unspecified atom stereocenters. The Morgan fingerprint density at radius 1 is 1.10 bits per heavy atom. The first-order valence-electron chi connectivity index (χ1n) is 9.51. The van der Waals surface area contributed by atoms with Gasteiger partial charge in [0, 0.05) is 4.90 Å². The summed E-state index contributed by atoms with van der Waals surface area (Å²) in [5, 5.41) is 3.55. The quantitative estimate of drug-likeness (QED) is 0.562. The minimum absolute atomic E-state index is 0.103. The van der Waals surface area contributed by atoms with Crippen molar-refractivity contribution in [1.29, 1.82) is 0 Å². The van der Waals surface area contributed by atoms with Crippen molar-refractivity contribution in [2.24, 2.45) is 0 Å². The van der Waals surface area contributed by atoms with Crippen LogP contribution >= 0.6 is 11.8 Å². The van der Waals surface area contributed by atoms with E-state index in [9.17, 15) is 14.4 Å². The molecule has 0 spiro atoms. The molecule has 7 heteroatoms. The predicted octanol–water partition coefficient (Wildman–Crippen LogP) is 3.59. The average molecular weight is 412 g/mol. The van der Waals surface area contributed by atoms with E-state index < -0.39 is 23.4 Å². The third kappa shape index (κ3) is 4.00. The number of carbonyl (C=O) groups excluding carboxylic acids is 3. The van der Waals surface area contributed by atoms with Crippen molar-refractivity contribution >= 4 is 29.6 Å². The van der Waals surface area contributed by atoms with Gasteiger partial charge in [-0.2, -0.15) is 5.01 Å². The number of hydrogen-bond donors (Lipinski definition) is 2. The molecule has 29 heavy (non-hydrogen) atoms. The molecule has 1 fully saturated rings. The Kier molecular flexibility index (Phi) is 5.98. The number of amides is 4. The fraction of sp³-hybridized carbons (Fsp3) is 0.318. The highest BCUT2D eigenvalue weighted by molar-refractivity contribution is 8.00. The van der Waals surface area contributed by atoms with E-state index in [4.69, 9.17) is 0 Å². The van der Waals surface area contributed by atoms with Crippen LogP contribution in [0.25, 0.3) is 0 Å². The Bertz CT molecular complexity index is 938. The van der Waals surface area contributed by atoms with Crippen molar-refractivity contribution in [3.05, 3.63) is 64.7 Å². The molecule has 2 N–H and O–H groups in total. The fourth-order valence-electron chi connectivity index (χ4n) is 3.73. The molecule has 2 aromatic carbocycles. The highest BCUT2D eigenvalue weighted by Crippen LogP contribution is 2.32. The monoisotopic (exact) mass is 411 g/mol. The number of hydrogen-bond acceptors (Lipinski definition) is 4. The molecule has 6 nitrogen and oxygen atoms in total. The molecule has 0 bridgehead atoms. The van der Waals surface area contributed by atoms with Gasteiger partial charge in [0.1, 0.15) is 5.54 Å². The van der Waals surface area contributed by atoms with Crippen LogP contribution in [-0.2, 0) is 15.1 Å². The molecule has 4 amide bonds. The molecule has 0 aromatic heterocycles. The van der Waals surface area contributed by atoms with Gasteiger partial charge < -0.3 is 5.32 Å². The van der Waals surface area contributed by atoms with Gasteiger partial charge >= 0.3 is 6.03 Å². The molecule has 1 aliphatic rings. The summed E-state index contributed by atoms with van der Waals surface area (Å²) in [6.45, 7) is 7.88. The molecule has 1 atom stereocenters. The molecule has 1 heterocycles. The van der Waals surface area contributed by atoms with E-state index >= 15 is 0 Å². The maximum atomic E-state index is 13.0. The highest BCUT2D eigenvalue weighted by Gasteiger charge is 2.52. The normalized spacial score (nSPS) is 18.7. The number of nitrogens with zero attached hydrogens (tertiary/aromatic N) is 1. The number of benzene rings is 2. The summed E-state index contributed by atoms with van der Waals surface area (Å²) in [6, 6.07) is 12.6. The summed E-state index contributed by atoms with van der Waals surface area (Å²) in [5.74, 6) is -0.776. The second-order valence-corrected chi connectivity index (χ2v) is 8.23. The number of rotatable bonds is 6. The van der Waals surface area contributed by atoms with Gasteiger partial charge in [0.2, 0.25) is 5.91 Å². The number of carbonyl (C=O) groups is 3. The topological polar surface area (TPSA) is 78.5 Å². The Labute approximate surface area is 175 Å². The van der Waals surface area contributed by atoms with Crippen LogP contribution in [-0.4, -0.2) is 28.6 Å². The molecule has 0 aliphatic carbocycles. The standard InChI is InChI=1S/C22H25N3O3S/c1-5-22(17-9-7-6-8-10-17)20(27)25(21(28)23-22)24-18(26)13-29-19-15(3)11-14(2)12-16(19)4/h6-12H,5,13H2,1-4H3,(H,23,28)(H,24,26)/t22-/m0/s1. The molecule has 3 rings (SSSR count).